The number of pyridine rings is 1. The van der Waals surface area contributed by atoms with Crippen LogP contribution in [-0.2, 0) is 11.2 Å². The normalized spacial score (nSPS) is 33.1. The number of rotatable bonds is 2. The van der Waals surface area contributed by atoms with E-state index in [1.54, 1.807) is 0 Å². The molecule has 1 aliphatic carbocycles. The van der Waals surface area contributed by atoms with E-state index in [-0.39, 0.29) is 12.1 Å². The molecule has 4 atom stereocenters. The zero-order valence-corrected chi connectivity index (χ0v) is 11.0. The van der Waals surface area contributed by atoms with E-state index in [4.69, 9.17) is 10.5 Å². The molecule has 0 saturated carbocycles. The minimum absolute atomic E-state index is 0.0939. The van der Waals surface area contributed by atoms with Gasteiger partial charge in [0.1, 0.15) is 0 Å². The van der Waals surface area contributed by atoms with Gasteiger partial charge in [0.05, 0.1) is 6.10 Å². The summed E-state index contributed by atoms with van der Waals surface area (Å²) < 4.78 is 5.84. The fourth-order valence-corrected chi connectivity index (χ4v) is 3.46. The minimum Gasteiger partial charge on any atom is -0.376 e. The second kappa shape index (κ2) is 4.98. The molecule has 0 aromatic carbocycles. The Labute approximate surface area is 109 Å². The third-order valence-electron chi connectivity index (χ3n) is 4.53. The second-order valence-electron chi connectivity index (χ2n) is 5.73. The molecule has 0 bridgehead atoms. The van der Waals surface area contributed by atoms with Crippen LogP contribution in [-0.4, -0.2) is 23.7 Å². The van der Waals surface area contributed by atoms with Gasteiger partial charge in [-0.25, -0.2) is 0 Å². The summed E-state index contributed by atoms with van der Waals surface area (Å²) in [6.07, 6.45) is 6.76. The maximum Gasteiger partial charge on any atom is 0.0758 e. The molecule has 1 aromatic rings. The predicted octanol–water partition coefficient (Wildman–Crippen LogP) is 2.25. The molecule has 3 nitrogen and oxygen atoms in total. The Kier molecular flexibility index (Phi) is 3.35. The summed E-state index contributed by atoms with van der Waals surface area (Å²) >= 11 is 0. The smallest absolute Gasteiger partial charge is 0.0758 e. The summed E-state index contributed by atoms with van der Waals surface area (Å²) in [6, 6.07) is 4.32. The lowest BCUT2D eigenvalue weighted by atomic mass is 9.78. The summed E-state index contributed by atoms with van der Waals surface area (Å²) in [5, 5.41) is 0. The van der Waals surface area contributed by atoms with Crippen molar-refractivity contribution < 1.29 is 4.74 Å². The molecule has 0 radical (unpaired) electrons. The van der Waals surface area contributed by atoms with Gasteiger partial charge in [-0.2, -0.15) is 0 Å². The predicted molar refractivity (Wildman–Crippen MR) is 71.4 cm³/mol. The highest BCUT2D eigenvalue weighted by atomic mass is 16.5. The second-order valence-corrected chi connectivity index (χ2v) is 5.73. The number of aromatic nitrogens is 1. The lowest BCUT2D eigenvalue weighted by Gasteiger charge is -2.33. The first-order valence-electron chi connectivity index (χ1n) is 7.08. The number of aryl methyl sites for hydroxylation is 1. The molecule has 2 aliphatic rings. The van der Waals surface area contributed by atoms with Gasteiger partial charge in [-0.1, -0.05) is 13.0 Å². The molecule has 4 unspecified atom stereocenters. The van der Waals surface area contributed by atoms with Crippen molar-refractivity contribution in [2.45, 2.75) is 50.7 Å². The molecule has 1 fully saturated rings. The third-order valence-corrected chi connectivity index (χ3v) is 4.53. The van der Waals surface area contributed by atoms with Gasteiger partial charge in [-0.3, -0.25) is 4.98 Å². The topological polar surface area (TPSA) is 48.1 Å². The van der Waals surface area contributed by atoms with Crippen LogP contribution in [0.5, 0.6) is 0 Å². The van der Waals surface area contributed by atoms with Crippen molar-refractivity contribution in [2.75, 3.05) is 6.61 Å². The molecule has 3 rings (SSSR count). The molecular formula is C15H22N2O. The van der Waals surface area contributed by atoms with E-state index in [2.05, 4.69) is 18.0 Å². The van der Waals surface area contributed by atoms with Crippen LogP contribution in [0.25, 0.3) is 0 Å². The highest BCUT2D eigenvalue weighted by molar-refractivity contribution is 5.27. The van der Waals surface area contributed by atoms with E-state index in [0.29, 0.717) is 11.8 Å². The summed E-state index contributed by atoms with van der Waals surface area (Å²) in [5.74, 6) is 0.953. The Hall–Kier alpha value is -0.930. The molecule has 0 spiro atoms. The first kappa shape index (κ1) is 12.1. The van der Waals surface area contributed by atoms with E-state index < -0.39 is 0 Å². The van der Waals surface area contributed by atoms with Crippen LogP contribution in [0, 0.1) is 5.92 Å². The molecule has 18 heavy (non-hydrogen) atoms. The van der Waals surface area contributed by atoms with E-state index >= 15 is 0 Å². The maximum absolute atomic E-state index is 6.49. The van der Waals surface area contributed by atoms with Crippen molar-refractivity contribution in [2.24, 2.45) is 11.7 Å². The van der Waals surface area contributed by atoms with Gasteiger partial charge >= 0.3 is 0 Å². The van der Waals surface area contributed by atoms with Crippen molar-refractivity contribution in [3.63, 3.8) is 0 Å². The molecule has 1 aromatic heterocycles. The Morgan fingerprint density at radius 3 is 3.11 bits per heavy atom. The average Bonchev–Trinajstić information content (AvgIpc) is 2.83. The number of nitrogens with two attached hydrogens (primary N) is 1. The SMILES string of the molecule is CC1CCOC1C(N)C1CCCc2cccnc21. The van der Waals surface area contributed by atoms with Crippen molar-refractivity contribution >= 4 is 0 Å². The van der Waals surface area contributed by atoms with Gasteiger partial charge < -0.3 is 10.5 Å². The van der Waals surface area contributed by atoms with Crippen molar-refractivity contribution in [3.05, 3.63) is 29.6 Å². The third kappa shape index (κ3) is 2.06. The summed E-state index contributed by atoms with van der Waals surface area (Å²) in [4.78, 5) is 4.58. The molecule has 2 heterocycles. The molecular weight excluding hydrogens is 224 g/mol. The number of hydrogen-bond acceptors (Lipinski definition) is 3. The van der Waals surface area contributed by atoms with Gasteiger partial charge in [0.25, 0.3) is 0 Å². The number of ether oxygens (including phenoxy) is 1. The van der Waals surface area contributed by atoms with Crippen molar-refractivity contribution in [1.29, 1.82) is 0 Å². The standard InChI is InChI=1S/C15H22N2O/c1-10-7-9-18-15(10)13(16)12-6-2-4-11-5-3-8-17-14(11)12/h3,5,8,10,12-13,15H,2,4,6-7,9,16H2,1H3. The summed E-state index contributed by atoms with van der Waals surface area (Å²) in [5.41, 5.74) is 9.10. The molecule has 1 aliphatic heterocycles. The van der Waals surface area contributed by atoms with Crippen LogP contribution < -0.4 is 5.73 Å². The number of hydrogen-bond donors (Lipinski definition) is 1. The zero-order chi connectivity index (χ0) is 12.5. The first-order valence-corrected chi connectivity index (χ1v) is 7.08. The largest absolute Gasteiger partial charge is 0.376 e. The number of nitrogens with zero attached hydrogens (tertiary/aromatic N) is 1. The minimum atomic E-state index is 0.0939. The quantitative estimate of drug-likeness (QED) is 0.870. The molecule has 1 saturated heterocycles. The Morgan fingerprint density at radius 1 is 1.44 bits per heavy atom. The van der Waals surface area contributed by atoms with Gasteiger partial charge in [0.15, 0.2) is 0 Å². The Bertz CT molecular complexity index is 421. The van der Waals surface area contributed by atoms with Crippen LogP contribution in [0.1, 0.15) is 43.4 Å². The van der Waals surface area contributed by atoms with E-state index in [9.17, 15) is 0 Å². The first-order chi connectivity index (χ1) is 8.77. The summed E-state index contributed by atoms with van der Waals surface area (Å²) in [6.45, 7) is 3.11. The van der Waals surface area contributed by atoms with Gasteiger partial charge in [0, 0.05) is 30.5 Å². The lowest BCUT2D eigenvalue weighted by molar-refractivity contribution is 0.0621. The van der Waals surface area contributed by atoms with Crippen LogP contribution in [0.2, 0.25) is 0 Å². The van der Waals surface area contributed by atoms with E-state index in [1.165, 1.54) is 17.7 Å². The molecule has 2 N–H and O–H groups in total. The Morgan fingerprint density at radius 2 is 2.33 bits per heavy atom. The average molecular weight is 246 g/mol. The van der Waals surface area contributed by atoms with Crippen molar-refractivity contribution in [1.82, 2.24) is 4.98 Å². The van der Waals surface area contributed by atoms with Crippen LogP contribution in [0.15, 0.2) is 18.3 Å². The van der Waals surface area contributed by atoms with Crippen LogP contribution in [0.4, 0.5) is 0 Å². The van der Waals surface area contributed by atoms with Gasteiger partial charge in [-0.05, 0) is 43.2 Å². The number of fused-ring (bicyclic) bond motifs is 1. The molecule has 0 amide bonds. The van der Waals surface area contributed by atoms with Gasteiger partial charge in [-0.15, -0.1) is 0 Å². The highest BCUT2D eigenvalue weighted by Crippen LogP contribution is 2.36. The summed E-state index contributed by atoms with van der Waals surface area (Å²) in [7, 11) is 0. The zero-order valence-electron chi connectivity index (χ0n) is 11.0. The van der Waals surface area contributed by atoms with Crippen molar-refractivity contribution in [3.8, 4) is 0 Å². The van der Waals surface area contributed by atoms with Gasteiger partial charge in [0.2, 0.25) is 0 Å². The highest BCUT2D eigenvalue weighted by Gasteiger charge is 2.37. The van der Waals surface area contributed by atoms with Crippen LogP contribution >= 0.6 is 0 Å². The lowest BCUT2D eigenvalue weighted by Crippen LogP contribution is -2.43. The monoisotopic (exact) mass is 246 g/mol. The Balaban J connectivity index is 1.84. The van der Waals surface area contributed by atoms with E-state index in [0.717, 1.165) is 25.9 Å². The molecule has 3 heteroatoms. The van der Waals surface area contributed by atoms with Crippen LogP contribution in [0.3, 0.4) is 0 Å². The fraction of sp³-hybridized carbons (Fsp3) is 0.667. The fourth-order valence-electron chi connectivity index (χ4n) is 3.46. The maximum atomic E-state index is 6.49. The van der Waals surface area contributed by atoms with E-state index in [1.807, 2.05) is 12.3 Å². The molecule has 98 valence electrons.